The quantitative estimate of drug-likeness (QED) is 0.846. The summed E-state index contributed by atoms with van der Waals surface area (Å²) >= 11 is 2.45. The molecule has 1 aromatic carbocycles. The van der Waals surface area contributed by atoms with Gasteiger partial charge >= 0.3 is 127 Å². The van der Waals surface area contributed by atoms with Crippen molar-refractivity contribution in [3.8, 4) is 22.8 Å². The predicted molar refractivity (Wildman–Crippen MR) is 78.9 cm³/mol. The molecule has 0 atom stereocenters. The van der Waals surface area contributed by atoms with E-state index in [0.29, 0.717) is 0 Å². The molecule has 3 rings (SSSR count). The van der Waals surface area contributed by atoms with Crippen LogP contribution in [0.1, 0.15) is 0 Å². The number of hydrogen-bond donors (Lipinski definition) is 1. The van der Waals surface area contributed by atoms with Crippen molar-refractivity contribution in [1.82, 2.24) is 10.3 Å². The van der Waals surface area contributed by atoms with Gasteiger partial charge < -0.3 is 0 Å². The van der Waals surface area contributed by atoms with Crippen molar-refractivity contribution in [3.05, 3.63) is 36.4 Å². The van der Waals surface area contributed by atoms with Crippen molar-refractivity contribution in [2.24, 2.45) is 0 Å². The van der Waals surface area contributed by atoms with E-state index in [4.69, 9.17) is 9.47 Å². The van der Waals surface area contributed by atoms with Gasteiger partial charge in [0.25, 0.3) is 0 Å². The fourth-order valence-electron chi connectivity index (χ4n) is 2.07. The normalized spacial score (nSPS) is 14.7. The molecule has 0 saturated carbocycles. The Bertz CT molecular complexity index is 615. The molecule has 2 heterocycles. The fraction of sp³-hybridized carbons (Fsp3) is 0.267. The molecule has 2 radical (unpaired) electrons. The van der Waals surface area contributed by atoms with Gasteiger partial charge in [-0.05, 0) is 0 Å². The molecular weight excluding hydrogens is 315 g/mol. The van der Waals surface area contributed by atoms with Gasteiger partial charge in [0.15, 0.2) is 0 Å². The Morgan fingerprint density at radius 1 is 1.25 bits per heavy atom. The van der Waals surface area contributed by atoms with E-state index < -0.39 is 0 Å². The molecule has 102 valence electrons. The summed E-state index contributed by atoms with van der Waals surface area (Å²) in [5, 5.41) is 3.19. The summed E-state index contributed by atoms with van der Waals surface area (Å²) < 4.78 is 12.2. The van der Waals surface area contributed by atoms with Crippen LogP contribution in [0.3, 0.4) is 0 Å². The maximum atomic E-state index is 5.84. The first-order valence-corrected chi connectivity index (χ1v) is 7.42. The minimum atomic E-state index is 0.264. The SMILES string of the molecule is COc1cc(OC2CNC2)ccc1-c1cccc([As])n1. The van der Waals surface area contributed by atoms with E-state index in [2.05, 4.69) is 27.2 Å². The van der Waals surface area contributed by atoms with Gasteiger partial charge in [0, 0.05) is 0 Å². The molecule has 0 amide bonds. The monoisotopic (exact) mass is 330 g/mol. The first-order chi connectivity index (χ1) is 9.76. The molecule has 1 N–H and O–H groups in total. The number of benzene rings is 1. The Balaban J connectivity index is 1.90. The summed E-state index contributed by atoms with van der Waals surface area (Å²) in [5.41, 5.74) is 1.87. The molecule has 1 aromatic heterocycles. The summed E-state index contributed by atoms with van der Waals surface area (Å²) in [6.45, 7) is 1.81. The van der Waals surface area contributed by atoms with Crippen LogP contribution in [0.4, 0.5) is 0 Å². The number of aromatic nitrogens is 1. The Labute approximate surface area is 127 Å². The molecule has 0 bridgehead atoms. The van der Waals surface area contributed by atoms with Crippen LogP contribution in [0.2, 0.25) is 0 Å². The first-order valence-electron chi connectivity index (χ1n) is 6.48. The maximum absolute atomic E-state index is 5.84. The van der Waals surface area contributed by atoms with E-state index in [1.54, 1.807) is 7.11 Å². The standard InChI is InChI=1S/C15H15AsN2O2/c1-19-14-7-10(20-11-8-17-9-11)5-6-12(14)13-3-2-4-15(16)18-13/h2-7,11,17H,8-9H2,1H3. The molecule has 0 aliphatic carbocycles. The third-order valence-electron chi connectivity index (χ3n) is 3.23. The van der Waals surface area contributed by atoms with Crippen LogP contribution in [-0.4, -0.2) is 48.1 Å². The number of hydrogen-bond acceptors (Lipinski definition) is 4. The molecule has 20 heavy (non-hydrogen) atoms. The summed E-state index contributed by atoms with van der Waals surface area (Å²) in [7, 11) is 1.67. The van der Waals surface area contributed by atoms with E-state index >= 15 is 0 Å². The predicted octanol–water partition coefficient (Wildman–Crippen LogP) is 0.902. The van der Waals surface area contributed by atoms with Gasteiger partial charge in [-0.3, -0.25) is 0 Å². The molecule has 1 fully saturated rings. The molecule has 4 nitrogen and oxygen atoms in total. The van der Waals surface area contributed by atoms with Crippen molar-refractivity contribution in [2.45, 2.75) is 6.10 Å². The molecular formula is C15H15AsN2O2. The van der Waals surface area contributed by atoms with E-state index in [-0.39, 0.29) is 6.10 Å². The molecule has 2 aromatic rings. The summed E-state index contributed by atoms with van der Waals surface area (Å²) in [4.78, 5) is 4.51. The van der Waals surface area contributed by atoms with E-state index in [9.17, 15) is 0 Å². The zero-order valence-electron chi connectivity index (χ0n) is 11.2. The second-order valence-corrected chi connectivity index (χ2v) is 5.60. The van der Waals surface area contributed by atoms with Crippen molar-refractivity contribution < 1.29 is 9.47 Å². The van der Waals surface area contributed by atoms with E-state index in [0.717, 1.165) is 40.3 Å². The number of nitrogens with zero attached hydrogens (tertiary/aromatic N) is 1. The summed E-state index contributed by atoms with van der Waals surface area (Å²) in [5.74, 6) is 1.61. The second-order valence-electron chi connectivity index (χ2n) is 4.64. The van der Waals surface area contributed by atoms with Crippen molar-refractivity contribution in [2.75, 3.05) is 20.2 Å². The third-order valence-corrected chi connectivity index (χ3v) is 3.75. The number of methoxy groups -OCH3 is 1. The zero-order valence-corrected chi connectivity index (χ0v) is 13.0. The Hall–Kier alpha value is -1.51. The molecule has 1 saturated heterocycles. The topological polar surface area (TPSA) is 43.4 Å². The number of pyridine rings is 1. The van der Waals surface area contributed by atoms with Gasteiger partial charge in [-0.15, -0.1) is 0 Å². The molecule has 1 aliphatic heterocycles. The van der Waals surface area contributed by atoms with Crippen LogP contribution in [-0.2, 0) is 0 Å². The number of nitrogens with one attached hydrogen (secondary N) is 1. The molecule has 0 unspecified atom stereocenters. The Kier molecular flexibility index (Phi) is 3.95. The van der Waals surface area contributed by atoms with Gasteiger partial charge in [0.2, 0.25) is 0 Å². The van der Waals surface area contributed by atoms with Crippen LogP contribution in [0, 0.1) is 0 Å². The Morgan fingerprint density at radius 3 is 2.75 bits per heavy atom. The fourth-order valence-corrected chi connectivity index (χ4v) is 2.47. The van der Waals surface area contributed by atoms with Crippen molar-refractivity contribution in [1.29, 1.82) is 0 Å². The number of rotatable bonds is 4. The average molecular weight is 330 g/mol. The van der Waals surface area contributed by atoms with Crippen molar-refractivity contribution in [3.63, 3.8) is 0 Å². The number of ether oxygens (including phenoxy) is 2. The van der Waals surface area contributed by atoms with Gasteiger partial charge in [-0.1, -0.05) is 0 Å². The van der Waals surface area contributed by atoms with Crippen LogP contribution in [0.25, 0.3) is 11.3 Å². The first kappa shape index (κ1) is 13.5. The van der Waals surface area contributed by atoms with Gasteiger partial charge in [0.1, 0.15) is 0 Å². The van der Waals surface area contributed by atoms with E-state index in [1.165, 1.54) is 0 Å². The van der Waals surface area contributed by atoms with Gasteiger partial charge in [-0.25, -0.2) is 0 Å². The van der Waals surface area contributed by atoms with Crippen LogP contribution in [0.15, 0.2) is 36.4 Å². The summed E-state index contributed by atoms with van der Waals surface area (Å²) in [6.07, 6.45) is 0.264. The Morgan fingerprint density at radius 2 is 2.10 bits per heavy atom. The molecule has 0 spiro atoms. The zero-order chi connectivity index (χ0) is 13.9. The van der Waals surface area contributed by atoms with Gasteiger partial charge in [-0.2, -0.15) is 0 Å². The molecule has 1 aliphatic rings. The van der Waals surface area contributed by atoms with Crippen LogP contribution >= 0.6 is 0 Å². The van der Waals surface area contributed by atoms with Crippen LogP contribution < -0.4 is 19.3 Å². The van der Waals surface area contributed by atoms with Crippen LogP contribution in [0.5, 0.6) is 11.5 Å². The average Bonchev–Trinajstić information content (AvgIpc) is 2.42. The summed E-state index contributed by atoms with van der Waals surface area (Å²) in [6, 6.07) is 11.8. The van der Waals surface area contributed by atoms with Crippen molar-refractivity contribution >= 4 is 21.3 Å². The third kappa shape index (κ3) is 2.81. The molecule has 5 heteroatoms. The van der Waals surface area contributed by atoms with Gasteiger partial charge in [0.05, 0.1) is 0 Å². The van der Waals surface area contributed by atoms with E-state index in [1.807, 2.05) is 36.4 Å². The minimum absolute atomic E-state index is 0.264. The second kappa shape index (κ2) is 5.86.